The molecular formula is C3H7N3S. The monoisotopic (exact) mass is 117 g/mol. The number of thiocarbonyl (C=S) groups is 1. The zero-order chi connectivity index (χ0) is 5.11. The molecule has 1 saturated heterocycles. The highest BCUT2D eigenvalue weighted by Crippen LogP contribution is 1.73. The topological polar surface area (TPSA) is 36.1 Å². The molecule has 0 aromatic carbocycles. The number of hydrazine groups is 1. The molecule has 1 aliphatic heterocycles. The van der Waals surface area contributed by atoms with Crippen LogP contribution in [0.15, 0.2) is 0 Å². The molecule has 1 aliphatic rings. The minimum absolute atomic E-state index is 0.176. The lowest BCUT2D eigenvalue weighted by Gasteiger charge is -1.96. The van der Waals surface area contributed by atoms with Crippen LogP contribution < -0.4 is 16.2 Å². The molecule has 7 heavy (non-hydrogen) atoms. The lowest BCUT2D eigenvalue weighted by molar-refractivity contribution is 0.651. The minimum Gasteiger partial charge on any atom is -0.283 e. The van der Waals surface area contributed by atoms with Crippen LogP contribution in [-0.4, -0.2) is 18.2 Å². The second-order valence-electron chi connectivity index (χ2n) is 1.32. The van der Waals surface area contributed by atoms with E-state index in [1.54, 1.807) is 5.37 Å². The summed E-state index contributed by atoms with van der Waals surface area (Å²) in [6.45, 7) is 0.789. The summed E-state index contributed by atoms with van der Waals surface area (Å²) in [6, 6.07) is 0. The SMILES string of the molecule is S=CC1NCNN1. The van der Waals surface area contributed by atoms with Gasteiger partial charge in [-0.15, -0.1) is 0 Å². The van der Waals surface area contributed by atoms with Crippen molar-refractivity contribution >= 4 is 17.6 Å². The highest BCUT2D eigenvalue weighted by molar-refractivity contribution is 7.79. The molecule has 0 aromatic rings. The second-order valence-corrected chi connectivity index (χ2v) is 1.59. The molecule has 1 fully saturated rings. The smallest absolute Gasteiger partial charge is 0.101 e. The largest absolute Gasteiger partial charge is 0.283 e. The molecule has 3 nitrogen and oxygen atoms in total. The van der Waals surface area contributed by atoms with Crippen molar-refractivity contribution in [3.8, 4) is 0 Å². The van der Waals surface area contributed by atoms with Crippen LogP contribution in [-0.2, 0) is 0 Å². The van der Waals surface area contributed by atoms with Crippen molar-refractivity contribution in [3.05, 3.63) is 0 Å². The molecular weight excluding hydrogens is 110 g/mol. The Labute approximate surface area is 47.4 Å². The molecule has 0 bridgehead atoms. The molecule has 0 aromatic heterocycles. The van der Waals surface area contributed by atoms with Gasteiger partial charge in [-0.2, -0.15) is 0 Å². The lowest BCUT2D eigenvalue weighted by Crippen LogP contribution is -2.34. The molecule has 4 heteroatoms. The first kappa shape index (κ1) is 5.11. The van der Waals surface area contributed by atoms with Crippen molar-refractivity contribution in [3.63, 3.8) is 0 Å². The second kappa shape index (κ2) is 2.32. The number of hydrogen-bond acceptors (Lipinski definition) is 4. The van der Waals surface area contributed by atoms with Gasteiger partial charge in [0.1, 0.15) is 6.17 Å². The highest BCUT2D eigenvalue weighted by Gasteiger charge is 2.06. The summed E-state index contributed by atoms with van der Waals surface area (Å²) in [5, 5.41) is 4.66. The third-order valence-electron chi connectivity index (χ3n) is 0.804. The van der Waals surface area contributed by atoms with Crippen LogP contribution in [0.5, 0.6) is 0 Å². The number of rotatable bonds is 1. The first-order valence-corrected chi connectivity index (χ1v) is 2.57. The normalized spacial score (nSPS) is 30.6. The predicted octanol–water partition coefficient (Wildman–Crippen LogP) is -1.03. The Morgan fingerprint density at radius 2 is 2.57 bits per heavy atom. The molecule has 1 atom stereocenters. The molecule has 0 aliphatic carbocycles. The molecule has 1 rings (SSSR count). The van der Waals surface area contributed by atoms with Crippen molar-refractivity contribution < 1.29 is 0 Å². The number of hydrogen-bond donors (Lipinski definition) is 3. The van der Waals surface area contributed by atoms with E-state index in [4.69, 9.17) is 0 Å². The van der Waals surface area contributed by atoms with Gasteiger partial charge in [-0.25, -0.2) is 10.9 Å². The summed E-state index contributed by atoms with van der Waals surface area (Å²) in [5.74, 6) is 0. The molecule has 0 spiro atoms. The third kappa shape index (κ3) is 1.17. The predicted molar refractivity (Wildman–Crippen MR) is 31.7 cm³/mol. The summed E-state index contributed by atoms with van der Waals surface area (Å²) in [7, 11) is 0. The molecule has 40 valence electrons. The van der Waals surface area contributed by atoms with E-state index in [1.165, 1.54) is 0 Å². The fourth-order valence-electron chi connectivity index (χ4n) is 0.455. The maximum Gasteiger partial charge on any atom is 0.101 e. The van der Waals surface area contributed by atoms with Crippen molar-refractivity contribution in [2.45, 2.75) is 6.17 Å². The summed E-state index contributed by atoms with van der Waals surface area (Å²) in [4.78, 5) is 0. The summed E-state index contributed by atoms with van der Waals surface area (Å²) >= 11 is 4.62. The van der Waals surface area contributed by atoms with E-state index in [-0.39, 0.29) is 6.17 Å². The van der Waals surface area contributed by atoms with E-state index >= 15 is 0 Å². The summed E-state index contributed by atoms with van der Waals surface area (Å²) < 4.78 is 0. The van der Waals surface area contributed by atoms with Gasteiger partial charge in [0.05, 0.1) is 6.67 Å². The minimum atomic E-state index is 0.176. The first-order valence-electron chi connectivity index (χ1n) is 2.10. The van der Waals surface area contributed by atoms with E-state index < -0.39 is 0 Å². The summed E-state index contributed by atoms with van der Waals surface area (Å²) in [6.07, 6.45) is 0.176. The van der Waals surface area contributed by atoms with Gasteiger partial charge in [-0.1, -0.05) is 12.2 Å². The Morgan fingerprint density at radius 3 is 2.86 bits per heavy atom. The maximum absolute atomic E-state index is 4.62. The average molecular weight is 117 g/mol. The molecule has 1 unspecified atom stereocenters. The molecule has 0 saturated carbocycles. The highest BCUT2D eigenvalue weighted by atomic mass is 32.1. The molecule has 0 radical (unpaired) electrons. The van der Waals surface area contributed by atoms with Gasteiger partial charge < -0.3 is 0 Å². The van der Waals surface area contributed by atoms with Gasteiger partial charge in [0, 0.05) is 5.37 Å². The maximum atomic E-state index is 4.62. The number of nitrogens with one attached hydrogen (secondary N) is 3. The van der Waals surface area contributed by atoms with E-state index in [0.717, 1.165) is 6.67 Å². The Balaban J connectivity index is 2.26. The van der Waals surface area contributed by atoms with Crippen LogP contribution >= 0.6 is 12.2 Å². The molecule has 3 N–H and O–H groups in total. The fourth-order valence-corrected chi connectivity index (χ4v) is 0.619. The molecule has 1 heterocycles. The van der Waals surface area contributed by atoms with E-state index in [9.17, 15) is 0 Å². The van der Waals surface area contributed by atoms with Gasteiger partial charge in [0.2, 0.25) is 0 Å². The van der Waals surface area contributed by atoms with Gasteiger partial charge in [0.15, 0.2) is 0 Å². The Bertz CT molecular complexity index is 68.6. The van der Waals surface area contributed by atoms with Crippen LogP contribution in [0.3, 0.4) is 0 Å². The Morgan fingerprint density at radius 1 is 1.71 bits per heavy atom. The van der Waals surface area contributed by atoms with Crippen molar-refractivity contribution in [1.29, 1.82) is 0 Å². The van der Waals surface area contributed by atoms with Gasteiger partial charge in [-0.05, 0) is 0 Å². The van der Waals surface area contributed by atoms with Gasteiger partial charge in [0.25, 0.3) is 0 Å². The first-order chi connectivity index (χ1) is 3.43. The standard InChI is InChI=1S/C3H7N3S/c7-1-3-4-2-5-6-3/h1,3-6H,2H2. The van der Waals surface area contributed by atoms with E-state index in [1.807, 2.05) is 0 Å². The zero-order valence-corrected chi connectivity index (χ0v) is 4.59. The van der Waals surface area contributed by atoms with Crippen LogP contribution in [0.1, 0.15) is 0 Å². The van der Waals surface area contributed by atoms with Gasteiger partial charge >= 0.3 is 0 Å². The quantitative estimate of drug-likeness (QED) is 0.384. The van der Waals surface area contributed by atoms with E-state index in [2.05, 4.69) is 28.4 Å². The average Bonchev–Trinajstić information content (AvgIpc) is 2.14. The zero-order valence-electron chi connectivity index (χ0n) is 3.77. The molecule has 0 amide bonds. The Hall–Kier alpha value is -0.0300. The fraction of sp³-hybridized carbons (Fsp3) is 0.667. The van der Waals surface area contributed by atoms with Crippen LogP contribution in [0.2, 0.25) is 0 Å². The Kier molecular flexibility index (Phi) is 1.70. The van der Waals surface area contributed by atoms with Crippen molar-refractivity contribution in [1.82, 2.24) is 16.2 Å². The lowest BCUT2D eigenvalue weighted by atomic mass is 10.6. The van der Waals surface area contributed by atoms with Crippen molar-refractivity contribution in [2.75, 3.05) is 6.67 Å². The van der Waals surface area contributed by atoms with E-state index in [0.29, 0.717) is 0 Å². The summed E-state index contributed by atoms with van der Waals surface area (Å²) in [5.41, 5.74) is 5.75. The van der Waals surface area contributed by atoms with Crippen LogP contribution in [0.4, 0.5) is 0 Å². The van der Waals surface area contributed by atoms with Crippen molar-refractivity contribution in [2.24, 2.45) is 0 Å². The van der Waals surface area contributed by atoms with Crippen LogP contribution in [0, 0.1) is 0 Å². The van der Waals surface area contributed by atoms with Crippen LogP contribution in [0.25, 0.3) is 0 Å². The van der Waals surface area contributed by atoms with Gasteiger partial charge in [-0.3, -0.25) is 5.32 Å². The third-order valence-corrected chi connectivity index (χ3v) is 1.08.